The van der Waals surface area contributed by atoms with Gasteiger partial charge in [0.05, 0.1) is 25.4 Å². The highest BCUT2D eigenvalue weighted by atomic mass is 32.1. The minimum atomic E-state index is 0.591. The molecular weight excluding hydrogens is 310 g/mol. The summed E-state index contributed by atoms with van der Waals surface area (Å²) in [6, 6.07) is 8.05. The van der Waals surface area contributed by atoms with E-state index in [0.717, 1.165) is 37.4 Å². The van der Waals surface area contributed by atoms with Crippen LogP contribution in [0.3, 0.4) is 0 Å². The number of benzene rings is 1. The molecule has 2 aromatic rings. The van der Waals surface area contributed by atoms with Gasteiger partial charge in [0.2, 0.25) is 0 Å². The Morgan fingerprint density at radius 3 is 2.78 bits per heavy atom. The summed E-state index contributed by atoms with van der Waals surface area (Å²) in [5, 5.41) is 0. The molecule has 3 rings (SSSR count). The minimum Gasteiger partial charge on any atom is -0.497 e. The van der Waals surface area contributed by atoms with E-state index in [0.29, 0.717) is 12.5 Å². The second-order valence-corrected chi connectivity index (χ2v) is 6.15. The normalized spacial score (nSPS) is 15.3. The van der Waals surface area contributed by atoms with Crippen molar-refractivity contribution in [3.63, 3.8) is 0 Å². The van der Waals surface area contributed by atoms with Crippen LogP contribution in [0.2, 0.25) is 0 Å². The molecule has 0 bridgehead atoms. The van der Waals surface area contributed by atoms with Gasteiger partial charge < -0.3 is 14.4 Å². The van der Waals surface area contributed by atoms with Crippen LogP contribution in [0.1, 0.15) is 17.7 Å². The number of ether oxygens (including phenoxy) is 2. The van der Waals surface area contributed by atoms with Crippen LogP contribution < -0.4 is 9.47 Å². The van der Waals surface area contributed by atoms with E-state index in [1.165, 1.54) is 22.9 Å². The molecule has 0 aliphatic carbocycles. The first-order valence-electron chi connectivity index (χ1n) is 7.72. The number of likely N-dealkylation sites (N-methyl/N-ethyl adjacent to an activating group) is 1. The van der Waals surface area contributed by atoms with Crippen LogP contribution in [-0.4, -0.2) is 47.5 Å². The number of hydrogen-bond acceptors (Lipinski definition) is 6. The molecule has 1 aromatic carbocycles. The van der Waals surface area contributed by atoms with Crippen LogP contribution in [0.5, 0.6) is 11.6 Å². The van der Waals surface area contributed by atoms with Gasteiger partial charge >= 0.3 is 0 Å². The van der Waals surface area contributed by atoms with Gasteiger partial charge in [0.1, 0.15) is 11.4 Å². The highest BCUT2D eigenvalue weighted by molar-refractivity contribution is 6.99. The summed E-state index contributed by atoms with van der Waals surface area (Å²) in [7, 11) is 3.79. The lowest BCUT2D eigenvalue weighted by Gasteiger charge is -2.22. The monoisotopic (exact) mass is 331 g/mol. The van der Waals surface area contributed by atoms with E-state index in [2.05, 4.69) is 38.9 Å². The molecule has 0 saturated carbocycles. The lowest BCUT2D eigenvalue weighted by Crippen LogP contribution is -2.25. The van der Waals surface area contributed by atoms with Crippen molar-refractivity contribution < 1.29 is 9.47 Å². The Morgan fingerprint density at radius 2 is 2.04 bits per heavy atom. The summed E-state index contributed by atoms with van der Waals surface area (Å²) in [6.07, 6.45) is 4.13. The molecule has 0 N–H and O–H groups in total. The molecule has 2 heterocycles. The topological polar surface area (TPSA) is 47.5 Å². The van der Waals surface area contributed by atoms with Gasteiger partial charge in [-0.1, -0.05) is 18.2 Å². The zero-order valence-electron chi connectivity index (χ0n) is 13.5. The second-order valence-electron chi connectivity index (χ2n) is 5.62. The first kappa shape index (κ1) is 16.0. The molecule has 0 unspecified atom stereocenters. The first-order valence-corrected chi connectivity index (χ1v) is 8.45. The van der Waals surface area contributed by atoms with E-state index in [1.54, 1.807) is 7.11 Å². The summed E-state index contributed by atoms with van der Waals surface area (Å²) >= 11 is 1.21. The zero-order chi connectivity index (χ0) is 16.1. The van der Waals surface area contributed by atoms with E-state index < -0.39 is 0 Å². The van der Waals surface area contributed by atoms with E-state index in [-0.39, 0.29) is 0 Å². The number of nitrogens with zero attached hydrogens (tertiary/aromatic N) is 3. The third-order valence-electron chi connectivity index (χ3n) is 3.89. The van der Waals surface area contributed by atoms with Gasteiger partial charge in [0.15, 0.2) is 0 Å². The Hall–Kier alpha value is -1.92. The van der Waals surface area contributed by atoms with Crippen LogP contribution in [0, 0.1) is 0 Å². The minimum absolute atomic E-state index is 0.591. The van der Waals surface area contributed by atoms with Gasteiger partial charge in [-0.3, -0.25) is 0 Å². The third kappa shape index (κ3) is 4.09. The zero-order valence-corrected chi connectivity index (χ0v) is 14.3. The summed E-state index contributed by atoms with van der Waals surface area (Å²) < 4.78 is 19.8. The quantitative estimate of drug-likeness (QED) is 0.814. The van der Waals surface area contributed by atoms with Gasteiger partial charge in [0.25, 0.3) is 5.88 Å². The van der Waals surface area contributed by atoms with E-state index in [9.17, 15) is 0 Å². The maximum absolute atomic E-state index is 5.87. The molecule has 0 spiro atoms. The molecule has 1 aliphatic heterocycles. The lowest BCUT2D eigenvalue weighted by atomic mass is 10.1. The predicted octanol–water partition coefficient (Wildman–Crippen LogP) is 2.89. The summed E-state index contributed by atoms with van der Waals surface area (Å²) in [5.74, 6) is 1.53. The maximum Gasteiger partial charge on any atom is 0.253 e. The Morgan fingerprint density at radius 1 is 1.22 bits per heavy atom. The second kappa shape index (κ2) is 7.57. The fraction of sp³-hybridized carbons (Fsp3) is 0.412. The highest BCUT2D eigenvalue weighted by Gasteiger charge is 2.18. The molecule has 0 saturated heterocycles. The van der Waals surface area contributed by atoms with Crippen LogP contribution in [0.4, 0.5) is 0 Å². The fourth-order valence-electron chi connectivity index (χ4n) is 2.59. The standard InChI is InChI=1S/C17H21N3O2S/c1-20-10-3-4-14(12-20)16-17(19-23-18-16)22-11-9-13-5-7-15(21-2)8-6-13/h4-8H,3,9-12H2,1-2H3. The summed E-state index contributed by atoms with van der Waals surface area (Å²) in [6.45, 7) is 2.59. The fourth-order valence-corrected chi connectivity index (χ4v) is 3.13. The van der Waals surface area contributed by atoms with Crippen molar-refractivity contribution in [3.8, 4) is 11.6 Å². The summed E-state index contributed by atoms with van der Waals surface area (Å²) in [5.41, 5.74) is 3.33. The molecule has 0 atom stereocenters. The van der Waals surface area contributed by atoms with Gasteiger partial charge in [-0.15, -0.1) is 4.37 Å². The number of aromatic nitrogens is 2. The van der Waals surface area contributed by atoms with Crippen molar-refractivity contribution in [2.75, 3.05) is 33.9 Å². The van der Waals surface area contributed by atoms with Crippen LogP contribution in [0.25, 0.3) is 5.57 Å². The first-order chi connectivity index (χ1) is 11.3. The molecule has 6 heteroatoms. The molecule has 122 valence electrons. The number of methoxy groups -OCH3 is 1. The SMILES string of the molecule is COc1ccc(CCOc2nsnc2C2=CCCN(C)C2)cc1. The van der Waals surface area contributed by atoms with Crippen molar-refractivity contribution in [1.29, 1.82) is 0 Å². The molecular formula is C17H21N3O2S. The van der Waals surface area contributed by atoms with Gasteiger partial charge in [0, 0.05) is 19.5 Å². The van der Waals surface area contributed by atoms with Crippen molar-refractivity contribution >= 4 is 17.3 Å². The molecule has 1 aromatic heterocycles. The Balaban J connectivity index is 1.58. The maximum atomic E-state index is 5.87. The molecule has 5 nitrogen and oxygen atoms in total. The Bertz CT molecular complexity index is 667. The van der Waals surface area contributed by atoms with Crippen molar-refractivity contribution in [2.45, 2.75) is 12.8 Å². The Kier molecular flexibility index (Phi) is 5.25. The third-order valence-corrected chi connectivity index (χ3v) is 4.40. The molecule has 0 fully saturated rings. The van der Waals surface area contributed by atoms with Crippen molar-refractivity contribution in [2.24, 2.45) is 0 Å². The van der Waals surface area contributed by atoms with Crippen LogP contribution in [-0.2, 0) is 6.42 Å². The van der Waals surface area contributed by atoms with Crippen molar-refractivity contribution in [3.05, 3.63) is 41.6 Å². The molecule has 23 heavy (non-hydrogen) atoms. The summed E-state index contributed by atoms with van der Waals surface area (Å²) in [4.78, 5) is 2.29. The lowest BCUT2D eigenvalue weighted by molar-refractivity contribution is 0.310. The predicted molar refractivity (Wildman–Crippen MR) is 92.2 cm³/mol. The van der Waals surface area contributed by atoms with Gasteiger partial charge in [-0.2, -0.15) is 4.37 Å². The molecule has 0 radical (unpaired) electrons. The van der Waals surface area contributed by atoms with E-state index in [1.807, 2.05) is 12.1 Å². The van der Waals surface area contributed by atoms with Crippen LogP contribution in [0.15, 0.2) is 30.3 Å². The number of hydrogen-bond donors (Lipinski definition) is 0. The Labute approximate surface area is 140 Å². The average molecular weight is 331 g/mol. The molecule has 0 amide bonds. The van der Waals surface area contributed by atoms with Crippen molar-refractivity contribution in [1.82, 2.24) is 13.6 Å². The number of rotatable bonds is 6. The average Bonchev–Trinajstić information content (AvgIpc) is 3.04. The molecule has 1 aliphatic rings. The van der Waals surface area contributed by atoms with Gasteiger partial charge in [-0.05, 0) is 36.7 Å². The largest absolute Gasteiger partial charge is 0.497 e. The van der Waals surface area contributed by atoms with Gasteiger partial charge in [-0.25, -0.2) is 0 Å². The smallest absolute Gasteiger partial charge is 0.253 e. The van der Waals surface area contributed by atoms with Crippen LogP contribution >= 0.6 is 11.7 Å². The highest BCUT2D eigenvalue weighted by Crippen LogP contribution is 2.27. The van der Waals surface area contributed by atoms with E-state index in [4.69, 9.17) is 9.47 Å². The van der Waals surface area contributed by atoms with E-state index >= 15 is 0 Å².